The minimum atomic E-state index is 0.0834. The largest absolute Gasteiger partial charge is 0.379 e. The monoisotopic (exact) mass is 278 g/mol. The second kappa shape index (κ2) is 7.63. The van der Waals surface area contributed by atoms with E-state index in [0.29, 0.717) is 5.82 Å². The Morgan fingerprint density at radius 2 is 2.00 bits per heavy atom. The van der Waals surface area contributed by atoms with Crippen LogP contribution < -0.4 is 5.32 Å². The summed E-state index contributed by atoms with van der Waals surface area (Å²) >= 11 is 11.4. The molecule has 0 saturated carbocycles. The molecule has 0 spiro atoms. The Morgan fingerprint density at radius 3 is 2.71 bits per heavy atom. The number of nitrogens with zero attached hydrogens (tertiary/aromatic N) is 3. The molecule has 0 amide bonds. The molecule has 0 bridgehead atoms. The third kappa shape index (κ3) is 6.00. The molecule has 5 nitrogen and oxygen atoms in total. The van der Waals surface area contributed by atoms with Gasteiger partial charge in [0.15, 0.2) is 11.0 Å². The van der Waals surface area contributed by atoms with E-state index in [0.717, 1.165) is 26.0 Å². The minimum Gasteiger partial charge on any atom is -0.379 e. The normalized spacial score (nSPS) is 10.9. The molecule has 0 aliphatic heterocycles. The van der Waals surface area contributed by atoms with E-state index in [-0.39, 0.29) is 16.5 Å². The van der Waals surface area contributed by atoms with Gasteiger partial charge in [0.2, 0.25) is 5.28 Å². The van der Waals surface area contributed by atoms with Gasteiger partial charge in [0, 0.05) is 13.2 Å². The van der Waals surface area contributed by atoms with Crippen molar-refractivity contribution in [3.05, 3.63) is 10.4 Å². The lowest BCUT2D eigenvalue weighted by Gasteiger charge is -2.08. The van der Waals surface area contributed by atoms with Gasteiger partial charge in [-0.1, -0.05) is 11.6 Å². The fourth-order valence-electron chi connectivity index (χ4n) is 1.16. The first-order valence-corrected chi connectivity index (χ1v) is 6.26. The Kier molecular flexibility index (Phi) is 6.47. The fourth-order valence-corrected chi connectivity index (χ4v) is 1.43. The Labute approximate surface area is 111 Å². The van der Waals surface area contributed by atoms with Crippen molar-refractivity contribution in [2.24, 2.45) is 0 Å². The first kappa shape index (κ1) is 14.4. The summed E-state index contributed by atoms with van der Waals surface area (Å²) in [6, 6.07) is 0. The van der Waals surface area contributed by atoms with Crippen molar-refractivity contribution < 1.29 is 4.74 Å². The number of unbranched alkanes of at least 4 members (excludes halogenated alkanes) is 1. The zero-order valence-electron chi connectivity index (χ0n) is 9.91. The molecule has 1 aromatic rings. The van der Waals surface area contributed by atoms with Gasteiger partial charge in [-0.05, 0) is 38.3 Å². The second-order valence-electron chi connectivity index (χ2n) is 3.77. The van der Waals surface area contributed by atoms with E-state index in [9.17, 15) is 0 Å². The van der Waals surface area contributed by atoms with Crippen LogP contribution in [0.2, 0.25) is 10.4 Å². The van der Waals surface area contributed by atoms with Crippen molar-refractivity contribution in [3.8, 4) is 0 Å². The number of hydrogen-bond acceptors (Lipinski definition) is 5. The molecule has 0 aliphatic rings. The first-order chi connectivity index (χ1) is 8.09. The Hall–Kier alpha value is -0.650. The number of nitrogens with one attached hydrogen (secondary N) is 1. The van der Waals surface area contributed by atoms with Crippen LogP contribution in [0.4, 0.5) is 5.82 Å². The molecular formula is C10H16Cl2N4O. The van der Waals surface area contributed by atoms with Crippen LogP contribution in [-0.4, -0.2) is 34.4 Å². The van der Waals surface area contributed by atoms with E-state index in [1.54, 1.807) is 0 Å². The smallest absolute Gasteiger partial charge is 0.245 e. The van der Waals surface area contributed by atoms with Gasteiger partial charge in [0.05, 0.1) is 6.10 Å². The molecule has 1 rings (SSSR count). The molecule has 0 radical (unpaired) electrons. The van der Waals surface area contributed by atoms with Crippen LogP contribution in [0.3, 0.4) is 0 Å². The highest BCUT2D eigenvalue weighted by molar-refractivity contribution is 6.32. The van der Waals surface area contributed by atoms with E-state index in [4.69, 9.17) is 27.9 Å². The second-order valence-corrected chi connectivity index (χ2v) is 4.47. The average molecular weight is 279 g/mol. The van der Waals surface area contributed by atoms with Gasteiger partial charge in [0.1, 0.15) is 0 Å². The SMILES string of the molecule is CC(C)OCCCCNc1nc(Cl)nnc1Cl. The summed E-state index contributed by atoms with van der Waals surface area (Å²) in [5, 5.41) is 10.5. The van der Waals surface area contributed by atoms with Crippen molar-refractivity contribution in [3.63, 3.8) is 0 Å². The third-order valence-electron chi connectivity index (χ3n) is 1.93. The number of anilines is 1. The van der Waals surface area contributed by atoms with E-state index in [1.807, 2.05) is 13.8 Å². The average Bonchev–Trinajstić information content (AvgIpc) is 2.27. The lowest BCUT2D eigenvalue weighted by atomic mass is 10.3. The minimum absolute atomic E-state index is 0.0834. The molecule has 0 saturated heterocycles. The molecule has 0 unspecified atom stereocenters. The number of rotatable bonds is 7. The quantitative estimate of drug-likeness (QED) is 0.778. The van der Waals surface area contributed by atoms with Crippen LogP contribution in [0.1, 0.15) is 26.7 Å². The molecule has 0 fully saturated rings. The van der Waals surface area contributed by atoms with Crippen LogP contribution in [0, 0.1) is 0 Å². The fraction of sp³-hybridized carbons (Fsp3) is 0.700. The zero-order chi connectivity index (χ0) is 12.7. The zero-order valence-corrected chi connectivity index (χ0v) is 11.4. The van der Waals surface area contributed by atoms with Crippen LogP contribution in [0.25, 0.3) is 0 Å². The van der Waals surface area contributed by atoms with Crippen LogP contribution >= 0.6 is 23.2 Å². The molecule has 17 heavy (non-hydrogen) atoms. The third-order valence-corrected chi connectivity index (χ3v) is 2.35. The van der Waals surface area contributed by atoms with Crippen molar-refractivity contribution in [1.29, 1.82) is 0 Å². The summed E-state index contributed by atoms with van der Waals surface area (Å²) in [5.74, 6) is 0.469. The molecule has 96 valence electrons. The Bertz CT molecular complexity index is 349. The van der Waals surface area contributed by atoms with E-state index < -0.39 is 0 Å². The van der Waals surface area contributed by atoms with Gasteiger partial charge in [-0.15, -0.1) is 10.2 Å². The van der Waals surface area contributed by atoms with Crippen LogP contribution in [0.5, 0.6) is 0 Å². The highest BCUT2D eigenvalue weighted by atomic mass is 35.5. The Balaban J connectivity index is 2.20. The number of halogens is 2. The van der Waals surface area contributed by atoms with Gasteiger partial charge < -0.3 is 10.1 Å². The summed E-state index contributed by atoms with van der Waals surface area (Å²) in [4.78, 5) is 3.94. The summed E-state index contributed by atoms with van der Waals surface area (Å²) < 4.78 is 5.42. The maximum atomic E-state index is 5.80. The molecule has 0 atom stereocenters. The van der Waals surface area contributed by atoms with Gasteiger partial charge >= 0.3 is 0 Å². The van der Waals surface area contributed by atoms with Crippen molar-refractivity contribution in [2.45, 2.75) is 32.8 Å². The molecule has 7 heteroatoms. The van der Waals surface area contributed by atoms with Gasteiger partial charge in [-0.25, -0.2) is 0 Å². The molecule has 1 heterocycles. The molecule has 0 aromatic carbocycles. The van der Waals surface area contributed by atoms with Crippen molar-refractivity contribution in [2.75, 3.05) is 18.5 Å². The predicted octanol–water partition coefficient (Wildman–Crippen LogP) is 2.80. The molecular weight excluding hydrogens is 263 g/mol. The lowest BCUT2D eigenvalue weighted by Crippen LogP contribution is -2.08. The maximum Gasteiger partial charge on any atom is 0.245 e. The first-order valence-electron chi connectivity index (χ1n) is 5.51. The summed E-state index contributed by atoms with van der Waals surface area (Å²) in [5.41, 5.74) is 0. The van der Waals surface area contributed by atoms with E-state index >= 15 is 0 Å². The molecule has 1 aromatic heterocycles. The van der Waals surface area contributed by atoms with E-state index in [2.05, 4.69) is 20.5 Å². The Morgan fingerprint density at radius 1 is 1.24 bits per heavy atom. The molecule has 1 N–H and O–H groups in total. The highest BCUT2D eigenvalue weighted by Gasteiger charge is 2.04. The summed E-state index contributed by atoms with van der Waals surface area (Å²) in [7, 11) is 0. The summed E-state index contributed by atoms with van der Waals surface area (Å²) in [6.45, 7) is 5.55. The lowest BCUT2D eigenvalue weighted by molar-refractivity contribution is 0.0765. The summed E-state index contributed by atoms with van der Waals surface area (Å²) in [6.07, 6.45) is 2.22. The highest BCUT2D eigenvalue weighted by Crippen LogP contribution is 2.16. The number of aromatic nitrogens is 3. The van der Waals surface area contributed by atoms with Gasteiger partial charge in [-0.2, -0.15) is 4.98 Å². The number of hydrogen-bond donors (Lipinski definition) is 1. The van der Waals surface area contributed by atoms with Gasteiger partial charge in [0.25, 0.3) is 0 Å². The maximum absolute atomic E-state index is 5.80. The van der Waals surface area contributed by atoms with Crippen molar-refractivity contribution >= 4 is 29.0 Å². The standard InChI is InChI=1S/C10H16Cl2N4O/c1-7(2)17-6-4-3-5-13-9-8(11)15-16-10(12)14-9/h7H,3-6H2,1-2H3,(H,13,14,16). The van der Waals surface area contributed by atoms with Crippen LogP contribution in [0.15, 0.2) is 0 Å². The van der Waals surface area contributed by atoms with E-state index in [1.165, 1.54) is 0 Å². The molecule has 0 aliphatic carbocycles. The topological polar surface area (TPSA) is 59.9 Å². The van der Waals surface area contributed by atoms with Crippen LogP contribution in [-0.2, 0) is 4.74 Å². The van der Waals surface area contributed by atoms with Crippen molar-refractivity contribution in [1.82, 2.24) is 15.2 Å². The predicted molar refractivity (Wildman–Crippen MR) is 68.7 cm³/mol. The number of ether oxygens (including phenoxy) is 1. The van der Waals surface area contributed by atoms with Gasteiger partial charge in [-0.3, -0.25) is 0 Å².